The van der Waals surface area contributed by atoms with Crippen LogP contribution >= 0.6 is 0 Å². The summed E-state index contributed by atoms with van der Waals surface area (Å²) in [5.41, 5.74) is 1.19. The summed E-state index contributed by atoms with van der Waals surface area (Å²) in [7, 11) is 0. The van der Waals surface area contributed by atoms with Crippen molar-refractivity contribution in [2.24, 2.45) is 11.8 Å². The molecule has 2 rings (SSSR count). The molecule has 0 radical (unpaired) electrons. The van der Waals surface area contributed by atoms with E-state index in [1.165, 1.54) is 25.1 Å². The molecule has 1 aromatic carbocycles. The molecule has 3 unspecified atom stereocenters. The van der Waals surface area contributed by atoms with Crippen LogP contribution in [0.25, 0.3) is 0 Å². The molecule has 3 heteroatoms. The molecule has 3 atom stereocenters. The van der Waals surface area contributed by atoms with Crippen molar-refractivity contribution in [2.75, 3.05) is 26.2 Å². The summed E-state index contributed by atoms with van der Waals surface area (Å²) < 4.78 is 13.1. The zero-order valence-corrected chi connectivity index (χ0v) is 13.6. The molecule has 0 saturated carbocycles. The average molecular weight is 292 g/mol. The van der Waals surface area contributed by atoms with Gasteiger partial charge in [0.1, 0.15) is 5.82 Å². The lowest BCUT2D eigenvalue weighted by Crippen LogP contribution is -2.40. The Labute approximate surface area is 128 Å². The molecule has 1 heterocycles. The van der Waals surface area contributed by atoms with Gasteiger partial charge in [-0.25, -0.2) is 4.39 Å². The highest BCUT2D eigenvalue weighted by atomic mass is 19.1. The molecule has 1 saturated heterocycles. The van der Waals surface area contributed by atoms with Gasteiger partial charge >= 0.3 is 0 Å². The molecule has 1 aliphatic rings. The van der Waals surface area contributed by atoms with Crippen molar-refractivity contribution in [1.29, 1.82) is 0 Å². The second-order valence-electron chi connectivity index (χ2n) is 6.49. The second-order valence-corrected chi connectivity index (χ2v) is 6.49. The molecule has 2 nitrogen and oxygen atoms in total. The van der Waals surface area contributed by atoms with Gasteiger partial charge in [-0.05, 0) is 62.0 Å². The van der Waals surface area contributed by atoms with Crippen LogP contribution in [0.2, 0.25) is 0 Å². The van der Waals surface area contributed by atoms with Crippen LogP contribution < -0.4 is 5.32 Å². The fourth-order valence-corrected chi connectivity index (χ4v) is 3.19. The molecule has 1 N–H and O–H groups in total. The van der Waals surface area contributed by atoms with Crippen molar-refractivity contribution < 1.29 is 4.39 Å². The normalized spacial score (nSPS) is 25.0. The van der Waals surface area contributed by atoms with Gasteiger partial charge < -0.3 is 10.2 Å². The van der Waals surface area contributed by atoms with Gasteiger partial charge in [-0.3, -0.25) is 0 Å². The van der Waals surface area contributed by atoms with Crippen LogP contribution in [0, 0.1) is 17.7 Å². The molecule has 1 aromatic rings. The summed E-state index contributed by atoms with van der Waals surface area (Å²) >= 11 is 0. The number of nitrogens with one attached hydrogen (secondary N) is 1. The number of piperidine rings is 1. The van der Waals surface area contributed by atoms with E-state index in [-0.39, 0.29) is 5.82 Å². The van der Waals surface area contributed by atoms with Crippen LogP contribution in [-0.4, -0.2) is 31.1 Å². The maximum Gasteiger partial charge on any atom is 0.123 e. The minimum Gasteiger partial charge on any atom is -0.310 e. The van der Waals surface area contributed by atoms with Crippen molar-refractivity contribution in [2.45, 2.75) is 39.7 Å². The lowest BCUT2D eigenvalue weighted by Gasteiger charge is -2.36. The lowest BCUT2D eigenvalue weighted by molar-refractivity contribution is 0.133. The SMILES string of the molecule is CCNC(CCN1CCC(C)C(C)C1)c1ccc(F)cc1. The zero-order valence-electron chi connectivity index (χ0n) is 13.6. The van der Waals surface area contributed by atoms with E-state index in [2.05, 4.69) is 31.0 Å². The van der Waals surface area contributed by atoms with Crippen molar-refractivity contribution >= 4 is 0 Å². The number of halogens is 1. The van der Waals surface area contributed by atoms with Crippen LogP contribution in [-0.2, 0) is 0 Å². The number of rotatable bonds is 6. The van der Waals surface area contributed by atoms with Crippen molar-refractivity contribution in [3.8, 4) is 0 Å². The standard InChI is InChI=1S/C18H29FN2/c1-4-20-18(16-5-7-17(19)8-6-16)10-12-21-11-9-14(2)15(3)13-21/h5-8,14-15,18,20H,4,9-13H2,1-3H3. The quantitative estimate of drug-likeness (QED) is 0.857. The van der Waals surface area contributed by atoms with E-state index in [0.29, 0.717) is 6.04 Å². The van der Waals surface area contributed by atoms with E-state index in [0.717, 1.165) is 31.3 Å². The molecule has 118 valence electrons. The summed E-state index contributed by atoms with van der Waals surface area (Å²) in [6, 6.07) is 7.26. The predicted molar refractivity (Wildman–Crippen MR) is 86.8 cm³/mol. The molecule has 0 spiro atoms. The Bertz CT molecular complexity index is 418. The van der Waals surface area contributed by atoms with Gasteiger partial charge in [0, 0.05) is 12.6 Å². The molecule has 0 amide bonds. The van der Waals surface area contributed by atoms with E-state index in [1.807, 2.05) is 12.1 Å². The summed E-state index contributed by atoms with van der Waals surface area (Å²) in [6.45, 7) is 11.3. The first-order valence-electron chi connectivity index (χ1n) is 8.31. The largest absolute Gasteiger partial charge is 0.310 e. The minimum atomic E-state index is -0.159. The number of hydrogen-bond donors (Lipinski definition) is 1. The summed E-state index contributed by atoms with van der Waals surface area (Å²) in [5.74, 6) is 1.48. The lowest BCUT2D eigenvalue weighted by atomic mass is 9.88. The Morgan fingerprint density at radius 1 is 1.24 bits per heavy atom. The molecule has 1 fully saturated rings. The highest BCUT2D eigenvalue weighted by Crippen LogP contribution is 2.24. The third-order valence-electron chi connectivity index (χ3n) is 4.88. The maximum atomic E-state index is 13.1. The second kappa shape index (κ2) is 7.90. The van der Waals surface area contributed by atoms with E-state index >= 15 is 0 Å². The Morgan fingerprint density at radius 2 is 1.95 bits per heavy atom. The molecule has 1 aliphatic heterocycles. The number of likely N-dealkylation sites (tertiary alicyclic amines) is 1. The highest BCUT2D eigenvalue weighted by Gasteiger charge is 2.23. The maximum absolute atomic E-state index is 13.1. The van der Waals surface area contributed by atoms with Gasteiger partial charge in [0.2, 0.25) is 0 Å². The van der Waals surface area contributed by atoms with E-state index in [4.69, 9.17) is 0 Å². The molecule has 0 bridgehead atoms. The number of benzene rings is 1. The Morgan fingerprint density at radius 3 is 2.57 bits per heavy atom. The molecule has 0 aromatic heterocycles. The van der Waals surface area contributed by atoms with Crippen LogP contribution in [0.3, 0.4) is 0 Å². The number of hydrogen-bond acceptors (Lipinski definition) is 2. The highest BCUT2D eigenvalue weighted by molar-refractivity contribution is 5.19. The van der Waals surface area contributed by atoms with Gasteiger partial charge in [-0.15, -0.1) is 0 Å². The smallest absolute Gasteiger partial charge is 0.123 e. The number of nitrogens with zero attached hydrogens (tertiary/aromatic N) is 1. The van der Waals surface area contributed by atoms with E-state index in [1.54, 1.807) is 12.1 Å². The Hall–Kier alpha value is -0.930. The van der Waals surface area contributed by atoms with Crippen LogP contribution in [0.4, 0.5) is 4.39 Å². The molecular formula is C18H29FN2. The van der Waals surface area contributed by atoms with Crippen LogP contribution in [0.5, 0.6) is 0 Å². The van der Waals surface area contributed by atoms with Crippen LogP contribution in [0.1, 0.15) is 45.2 Å². The van der Waals surface area contributed by atoms with E-state index in [9.17, 15) is 4.39 Å². The van der Waals surface area contributed by atoms with Gasteiger partial charge in [0.25, 0.3) is 0 Å². The summed E-state index contributed by atoms with van der Waals surface area (Å²) in [6.07, 6.45) is 2.39. The van der Waals surface area contributed by atoms with Crippen molar-refractivity contribution in [3.63, 3.8) is 0 Å². The fourth-order valence-electron chi connectivity index (χ4n) is 3.19. The first-order chi connectivity index (χ1) is 10.1. The first-order valence-corrected chi connectivity index (χ1v) is 8.31. The van der Waals surface area contributed by atoms with Gasteiger partial charge in [0.15, 0.2) is 0 Å². The predicted octanol–water partition coefficient (Wildman–Crippen LogP) is 3.84. The Balaban J connectivity index is 1.89. The summed E-state index contributed by atoms with van der Waals surface area (Å²) in [5, 5.41) is 3.53. The van der Waals surface area contributed by atoms with Crippen LogP contribution in [0.15, 0.2) is 24.3 Å². The van der Waals surface area contributed by atoms with Crippen molar-refractivity contribution in [1.82, 2.24) is 10.2 Å². The average Bonchev–Trinajstić information content (AvgIpc) is 2.48. The summed E-state index contributed by atoms with van der Waals surface area (Å²) in [4.78, 5) is 2.58. The fraction of sp³-hybridized carbons (Fsp3) is 0.667. The Kier molecular flexibility index (Phi) is 6.19. The third kappa shape index (κ3) is 4.79. The first kappa shape index (κ1) is 16.4. The third-order valence-corrected chi connectivity index (χ3v) is 4.88. The zero-order chi connectivity index (χ0) is 15.2. The van der Waals surface area contributed by atoms with E-state index < -0.39 is 0 Å². The molecular weight excluding hydrogens is 263 g/mol. The topological polar surface area (TPSA) is 15.3 Å². The molecule has 0 aliphatic carbocycles. The minimum absolute atomic E-state index is 0.159. The van der Waals surface area contributed by atoms with Gasteiger partial charge in [0.05, 0.1) is 0 Å². The molecule has 21 heavy (non-hydrogen) atoms. The van der Waals surface area contributed by atoms with Gasteiger partial charge in [-0.1, -0.05) is 32.9 Å². The van der Waals surface area contributed by atoms with Gasteiger partial charge in [-0.2, -0.15) is 0 Å². The van der Waals surface area contributed by atoms with Crippen molar-refractivity contribution in [3.05, 3.63) is 35.6 Å². The monoisotopic (exact) mass is 292 g/mol.